The summed E-state index contributed by atoms with van der Waals surface area (Å²) in [7, 11) is 0. The molecule has 448 valence electrons. The van der Waals surface area contributed by atoms with Crippen molar-refractivity contribution in [3.8, 4) is 0 Å². The van der Waals surface area contributed by atoms with Gasteiger partial charge in [-0.15, -0.1) is 0 Å². The molecule has 79 heavy (non-hydrogen) atoms. The summed E-state index contributed by atoms with van der Waals surface area (Å²) in [6, 6.07) is 0. The summed E-state index contributed by atoms with van der Waals surface area (Å²) in [6.07, 6.45) is 93.2. The van der Waals surface area contributed by atoms with Gasteiger partial charge in [0, 0.05) is 19.3 Å². The minimum atomic E-state index is -0.816. The molecule has 0 aromatic rings. The van der Waals surface area contributed by atoms with E-state index in [2.05, 4.69) is 154 Å². The lowest BCUT2D eigenvalue weighted by molar-refractivity contribution is -0.167. The molecule has 0 aliphatic heterocycles. The first-order valence-electron chi connectivity index (χ1n) is 32.7. The lowest BCUT2D eigenvalue weighted by Crippen LogP contribution is -2.30. The molecular formula is C73H120O6. The van der Waals surface area contributed by atoms with E-state index in [1.54, 1.807) is 0 Å². The monoisotopic (exact) mass is 1090 g/mol. The largest absolute Gasteiger partial charge is 0.462 e. The Morgan fingerprint density at radius 3 is 0.810 bits per heavy atom. The Bertz CT molecular complexity index is 1680. The Morgan fingerprint density at radius 1 is 0.266 bits per heavy atom. The second-order valence-corrected chi connectivity index (χ2v) is 21.3. The van der Waals surface area contributed by atoms with Gasteiger partial charge < -0.3 is 14.2 Å². The van der Waals surface area contributed by atoms with Crippen LogP contribution in [0.15, 0.2) is 134 Å². The highest BCUT2D eigenvalue weighted by molar-refractivity contribution is 5.71. The van der Waals surface area contributed by atoms with Gasteiger partial charge >= 0.3 is 17.9 Å². The molecule has 0 spiro atoms. The molecule has 1 atom stereocenters. The highest BCUT2D eigenvalue weighted by Crippen LogP contribution is 2.16. The summed E-state index contributed by atoms with van der Waals surface area (Å²) >= 11 is 0. The third-order valence-corrected chi connectivity index (χ3v) is 13.7. The van der Waals surface area contributed by atoms with Crippen LogP contribution in [0.3, 0.4) is 0 Å². The van der Waals surface area contributed by atoms with Crippen molar-refractivity contribution >= 4 is 17.9 Å². The third-order valence-electron chi connectivity index (χ3n) is 13.7. The van der Waals surface area contributed by atoms with Crippen LogP contribution in [0.1, 0.15) is 290 Å². The van der Waals surface area contributed by atoms with Gasteiger partial charge in [0.05, 0.1) is 0 Å². The van der Waals surface area contributed by atoms with Crippen molar-refractivity contribution in [1.29, 1.82) is 0 Å². The average molecular weight is 1090 g/mol. The molecule has 0 aromatic heterocycles. The fourth-order valence-electron chi connectivity index (χ4n) is 8.84. The quantitative estimate of drug-likeness (QED) is 0.0261. The summed E-state index contributed by atoms with van der Waals surface area (Å²) in [5, 5.41) is 0. The molecule has 0 N–H and O–H groups in total. The number of hydrogen-bond donors (Lipinski definition) is 0. The van der Waals surface area contributed by atoms with E-state index in [9.17, 15) is 14.4 Å². The minimum Gasteiger partial charge on any atom is -0.462 e. The molecule has 0 saturated carbocycles. The van der Waals surface area contributed by atoms with Crippen LogP contribution in [0.25, 0.3) is 0 Å². The van der Waals surface area contributed by atoms with Gasteiger partial charge in [0.25, 0.3) is 0 Å². The molecule has 0 heterocycles. The van der Waals surface area contributed by atoms with Crippen LogP contribution in [-0.4, -0.2) is 37.2 Å². The van der Waals surface area contributed by atoms with Crippen molar-refractivity contribution in [3.05, 3.63) is 134 Å². The first kappa shape index (κ1) is 74.5. The predicted molar refractivity (Wildman–Crippen MR) is 343 cm³/mol. The summed E-state index contributed by atoms with van der Waals surface area (Å²) in [5.41, 5.74) is 0. The van der Waals surface area contributed by atoms with E-state index < -0.39 is 6.10 Å². The number of allylic oxidation sites excluding steroid dienone is 22. The first-order chi connectivity index (χ1) is 39.0. The molecule has 0 bridgehead atoms. The Hall–Kier alpha value is -4.45. The van der Waals surface area contributed by atoms with Crippen molar-refractivity contribution in [3.63, 3.8) is 0 Å². The molecule has 0 aliphatic carbocycles. The molecule has 0 amide bonds. The Balaban J connectivity index is 4.43. The maximum Gasteiger partial charge on any atom is 0.306 e. The van der Waals surface area contributed by atoms with Gasteiger partial charge in [-0.05, 0) is 109 Å². The molecule has 0 aliphatic rings. The fourth-order valence-corrected chi connectivity index (χ4v) is 8.84. The second kappa shape index (κ2) is 66.1. The molecule has 0 saturated heterocycles. The van der Waals surface area contributed by atoms with Crippen LogP contribution in [0, 0.1) is 0 Å². The normalized spacial score (nSPS) is 13.0. The van der Waals surface area contributed by atoms with Gasteiger partial charge in [0.15, 0.2) is 6.10 Å². The number of ether oxygens (including phenoxy) is 3. The van der Waals surface area contributed by atoms with E-state index in [4.69, 9.17) is 14.2 Å². The summed E-state index contributed by atoms with van der Waals surface area (Å²) in [5.74, 6) is -0.966. The number of unbranched alkanes of at least 4 members (excludes halogenated alkanes) is 25. The van der Waals surface area contributed by atoms with E-state index in [-0.39, 0.29) is 37.5 Å². The highest BCUT2D eigenvalue weighted by Gasteiger charge is 2.19. The standard InChI is InChI=1S/C73H120O6/c1-4-7-10-13-16-19-22-25-28-31-32-33-34-35-36-37-38-39-40-43-45-48-51-54-57-60-63-66-72(75)78-69-70(79-73(76)67-64-61-58-55-52-49-46-42-30-27-24-21-18-15-12-9-6-3)68-77-71(74)65-62-59-56-53-50-47-44-41-29-26-23-20-17-14-11-8-5-2/h7,9-10,12,16,18-19,21,25,27-28,30,32-33,35-36,38-39,46,49,55,58,70H,4-6,8,11,13-15,17,20,22-24,26,29,31,34,37,40-45,47-48,50-54,56-57,59-69H2,1-3H3/b10-7-,12-9-,19-16-,21-18-,28-25-,30-27-,33-32-,36-35-,39-38-,49-46-,58-55-. The van der Waals surface area contributed by atoms with Gasteiger partial charge in [-0.25, -0.2) is 0 Å². The molecule has 0 radical (unpaired) electrons. The van der Waals surface area contributed by atoms with Crippen LogP contribution in [0.4, 0.5) is 0 Å². The number of carbonyl (C=O) groups excluding carboxylic acids is 3. The van der Waals surface area contributed by atoms with Gasteiger partial charge in [0.1, 0.15) is 13.2 Å². The molecule has 0 fully saturated rings. The average Bonchev–Trinajstić information content (AvgIpc) is 3.45. The van der Waals surface area contributed by atoms with Crippen molar-refractivity contribution in [2.45, 2.75) is 297 Å². The molecule has 6 nitrogen and oxygen atoms in total. The summed E-state index contributed by atoms with van der Waals surface area (Å²) in [4.78, 5) is 38.3. The number of rotatable bonds is 58. The maximum atomic E-state index is 12.9. The second-order valence-electron chi connectivity index (χ2n) is 21.3. The lowest BCUT2D eigenvalue weighted by atomic mass is 10.0. The Kier molecular flexibility index (Phi) is 62.3. The zero-order valence-corrected chi connectivity index (χ0v) is 51.3. The molecule has 0 rings (SSSR count). The van der Waals surface area contributed by atoms with Crippen molar-refractivity contribution < 1.29 is 28.6 Å². The number of hydrogen-bond acceptors (Lipinski definition) is 6. The van der Waals surface area contributed by atoms with E-state index in [1.165, 1.54) is 122 Å². The van der Waals surface area contributed by atoms with Crippen LogP contribution in [0.5, 0.6) is 0 Å². The van der Waals surface area contributed by atoms with Crippen LogP contribution < -0.4 is 0 Å². The number of carbonyl (C=O) groups is 3. The fraction of sp³-hybridized carbons (Fsp3) is 0.658. The molecular weight excluding hydrogens is 973 g/mol. The zero-order valence-electron chi connectivity index (χ0n) is 51.3. The molecule has 6 heteroatoms. The van der Waals surface area contributed by atoms with Crippen LogP contribution in [0.2, 0.25) is 0 Å². The number of esters is 3. The van der Waals surface area contributed by atoms with Gasteiger partial charge in [-0.3, -0.25) is 14.4 Å². The van der Waals surface area contributed by atoms with Crippen molar-refractivity contribution in [1.82, 2.24) is 0 Å². The van der Waals surface area contributed by atoms with Crippen molar-refractivity contribution in [2.24, 2.45) is 0 Å². The highest BCUT2D eigenvalue weighted by atomic mass is 16.6. The SMILES string of the molecule is CC/C=C\C/C=C\C/C=C\C/C=C\C/C=C\C/C=C\CCCCCCCCCCC(=O)OCC(COC(=O)CCCCCCCCCCCCCCCCCCC)OC(=O)CCC/C=C\C/C=C\C/C=C\C/C=C\C/C=C\CC. The zero-order chi connectivity index (χ0) is 57.1. The third kappa shape index (κ3) is 64.3. The van der Waals surface area contributed by atoms with E-state index >= 15 is 0 Å². The van der Waals surface area contributed by atoms with Crippen LogP contribution in [-0.2, 0) is 28.6 Å². The molecule has 1 unspecified atom stereocenters. The Morgan fingerprint density at radius 2 is 0.506 bits per heavy atom. The predicted octanol–water partition coefficient (Wildman–Crippen LogP) is 22.5. The maximum absolute atomic E-state index is 12.9. The molecule has 0 aromatic carbocycles. The van der Waals surface area contributed by atoms with Gasteiger partial charge in [0.2, 0.25) is 0 Å². The Labute approximate surface area is 487 Å². The van der Waals surface area contributed by atoms with E-state index in [0.717, 1.165) is 122 Å². The lowest BCUT2D eigenvalue weighted by Gasteiger charge is -2.18. The summed E-state index contributed by atoms with van der Waals surface area (Å²) < 4.78 is 16.9. The van der Waals surface area contributed by atoms with Crippen LogP contribution >= 0.6 is 0 Å². The van der Waals surface area contributed by atoms with E-state index in [0.29, 0.717) is 19.3 Å². The van der Waals surface area contributed by atoms with Gasteiger partial charge in [-0.1, -0.05) is 296 Å². The summed E-state index contributed by atoms with van der Waals surface area (Å²) in [6.45, 7) is 6.38. The smallest absolute Gasteiger partial charge is 0.306 e. The topological polar surface area (TPSA) is 78.9 Å². The first-order valence-corrected chi connectivity index (χ1v) is 32.7. The van der Waals surface area contributed by atoms with Gasteiger partial charge in [-0.2, -0.15) is 0 Å². The van der Waals surface area contributed by atoms with Crippen molar-refractivity contribution in [2.75, 3.05) is 13.2 Å². The van der Waals surface area contributed by atoms with E-state index in [1.807, 2.05) is 0 Å². The minimum absolute atomic E-state index is 0.104.